The van der Waals surface area contributed by atoms with Gasteiger partial charge in [-0.1, -0.05) is 18.3 Å². The zero-order valence-corrected chi connectivity index (χ0v) is 12.6. The van der Waals surface area contributed by atoms with Gasteiger partial charge in [0.05, 0.1) is 5.69 Å². The first kappa shape index (κ1) is 13.8. The van der Waals surface area contributed by atoms with Crippen LogP contribution < -0.4 is 16.0 Å². The molecule has 1 aromatic carbocycles. The van der Waals surface area contributed by atoms with Crippen molar-refractivity contribution in [2.24, 2.45) is 5.73 Å². The largest absolute Gasteiger partial charge is 0.388 e. The molecule has 0 amide bonds. The molecule has 1 saturated heterocycles. The Morgan fingerprint density at radius 1 is 1.10 bits per heavy atom. The van der Waals surface area contributed by atoms with Gasteiger partial charge in [-0.25, -0.2) is 4.98 Å². The summed E-state index contributed by atoms with van der Waals surface area (Å²) in [5, 5.41) is 3.27. The average molecular weight is 298 g/mol. The number of nitrogens with zero attached hydrogens (tertiary/aromatic N) is 2. The van der Waals surface area contributed by atoms with E-state index in [9.17, 15) is 0 Å². The fraction of sp³-hybridized carbons (Fsp3) is 0.250. The van der Waals surface area contributed by atoms with E-state index < -0.39 is 0 Å². The van der Waals surface area contributed by atoms with Gasteiger partial charge in [-0.3, -0.25) is 0 Å². The Hall–Kier alpha value is -2.14. The number of nitrogens with two attached hydrogens (primary N) is 1. The standard InChI is InChI=1S/C16H18N4S/c17-16(21)14-4-3-5-15(19-14)18-12-6-8-13(9-7-12)20-10-1-2-11-20/h3-9H,1-2,10-11H2,(H2,17,21)(H,18,19). The topological polar surface area (TPSA) is 54.2 Å². The summed E-state index contributed by atoms with van der Waals surface area (Å²) in [5.74, 6) is 0.745. The molecule has 3 rings (SSSR count). The molecule has 1 fully saturated rings. The molecule has 1 aliphatic rings. The number of nitrogens with one attached hydrogen (secondary N) is 1. The van der Waals surface area contributed by atoms with Gasteiger partial charge < -0.3 is 16.0 Å². The zero-order valence-electron chi connectivity index (χ0n) is 11.7. The molecule has 0 spiro atoms. The highest BCUT2D eigenvalue weighted by atomic mass is 32.1. The first-order valence-electron chi connectivity index (χ1n) is 7.11. The molecule has 4 nitrogen and oxygen atoms in total. The highest BCUT2D eigenvalue weighted by Gasteiger charge is 2.11. The third-order valence-corrected chi connectivity index (χ3v) is 3.82. The molecule has 3 N–H and O–H groups in total. The first-order chi connectivity index (χ1) is 10.2. The summed E-state index contributed by atoms with van der Waals surface area (Å²) < 4.78 is 0. The Bertz CT molecular complexity index is 633. The molecule has 0 atom stereocenters. The van der Waals surface area contributed by atoms with Gasteiger partial charge in [-0.05, 0) is 49.2 Å². The smallest absolute Gasteiger partial charge is 0.131 e. The van der Waals surface area contributed by atoms with E-state index in [0.717, 1.165) is 24.6 Å². The summed E-state index contributed by atoms with van der Waals surface area (Å²) in [6.07, 6.45) is 2.57. The lowest BCUT2D eigenvalue weighted by Crippen LogP contribution is -2.17. The summed E-state index contributed by atoms with van der Waals surface area (Å²) in [6.45, 7) is 2.31. The number of hydrogen-bond acceptors (Lipinski definition) is 4. The van der Waals surface area contributed by atoms with E-state index in [1.54, 1.807) is 0 Å². The number of hydrogen-bond donors (Lipinski definition) is 2. The molecule has 0 radical (unpaired) electrons. The molecule has 2 heterocycles. The number of benzene rings is 1. The van der Waals surface area contributed by atoms with Crippen LogP contribution in [0.15, 0.2) is 42.5 Å². The number of anilines is 3. The number of aromatic nitrogens is 1. The van der Waals surface area contributed by atoms with Crippen molar-refractivity contribution in [1.29, 1.82) is 0 Å². The Morgan fingerprint density at radius 2 is 1.81 bits per heavy atom. The van der Waals surface area contributed by atoms with Crippen LogP contribution >= 0.6 is 12.2 Å². The molecule has 1 aromatic heterocycles. The molecular weight excluding hydrogens is 280 g/mol. The van der Waals surface area contributed by atoms with Gasteiger partial charge in [-0.2, -0.15) is 0 Å². The van der Waals surface area contributed by atoms with Crippen LogP contribution in [0.3, 0.4) is 0 Å². The maximum absolute atomic E-state index is 5.60. The van der Waals surface area contributed by atoms with E-state index in [1.165, 1.54) is 18.5 Å². The van der Waals surface area contributed by atoms with E-state index in [1.807, 2.05) is 18.2 Å². The molecule has 0 bridgehead atoms. The van der Waals surface area contributed by atoms with Gasteiger partial charge in [0, 0.05) is 24.5 Å². The van der Waals surface area contributed by atoms with Gasteiger partial charge in [0.15, 0.2) is 0 Å². The van der Waals surface area contributed by atoms with Crippen LogP contribution in [0, 0.1) is 0 Å². The third kappa shape index (κ3) is 3.31. The number of pyridine rings is 1. The van der Waals surface area contributed by atoms with E-state index >= 15 is 0 Å². The third-order valence-electron chi connectivity index (χ3n) is 3.61. The van der Waals surface area contributed by atoms with Crippen molar-refractivity contribution in [3.05, 3.63) is 48.2 Å². The second kappa shape index (κ2) is 6.10. The summed E-state index contributed by atoms with van der Waals surface area (Å²) in [5.41, 5.74) is 8.52. The quantitative estimate of drug-likeness (QED) is 0.850. The predicted octanol–water partition coefficient (Wildman–Crippen LogP) is 3.06. The van der Waals surface area contributed by atoms with Crippen molar-refractivity contribution in [1.82, 2.24) is 4.98 Å². The molecule has 21 heavy (non-hydrogen) atoms. The molecule has 1 aliphatic heterocycles. The maximum Gasteiger partial charge on any atom is 0.131 e. The van der Waals surface area contributed by atoms with Gasteiger partial charge in [0.25, 0.3) is 0 Å². The highest BCUT2D eigenvalue weighted by Crippen LogP contribution is 2.23. The molecule has 2 aromatic rings. The monoisotopic (exact) mass is 298 g/mol. The molecule has 5 heteroatoms. The fourth-order valence-electron chi connectivity index (χ4n) is 2.52. The van der Waals surface area contributed by atoms with Crippen LogP contribution in [0.2, 0.25) is 0 Å². The normalized spacial score (nSPS) is 14.2. The van der Waals surface area contributed by atoms with Crippen molar-refractivity contribution >= 4 is 34.4 Å². The molecule has 0 unspecified atom stereocenters. The van der Waals surface area contributed by atoms with Crippen LogP contribution in [0.5, 0.6) is 0 Å². The minimum atomic E-state index is 0.308. The van der Waals surface area contributed by atoms with Crippen molar-refractivity contribution in [2.45, 2.75) is 12.8 Å². The average Bonchev–Trinajstić information content (AvgIpc) is 3.02. The Labute approximate surface area is 130 Å². The van der Waals surface area contributed by atoms with Crippen LogP contribution in [-0.2, 0) is 0 Å². The fourth-order valence-corrected chi connectivity index (χ4v) is 2.63. The zero-order chi connectivity index (χ0) is 14.7. The van der Waals surface area contributed by atoms with Crippen LogP contribution in [-0.4, -0.2) is 23.1 Å². The van der Waals surface area contributed by atoms with Gasteiger partial charge in [0.2, 0.25) is 0 Å². The lowest BCUT2D eigenvalue weighted by atomic mass is 10.2. The Morgan fingerprint density at radius 3 is 2.48 bits per heavy atom. The van der Waals surface area contributed by atoms with Gasteiger partial charge >= 0.3 is 0 Å². The highest BCUT2D eigenvalue weighted by molar-refractivity contribution is 7.80. The predicted molar refractivity (Wildman–Crippen MR) is 91.3 cm³/mol. The van der Waals surface area contributed by atoms with Crippen molar-refractivity contribution in [3.8, 4) is 0 Å². The van der Waals surface area contributed by atoms with Crippen LogP contribution in [0.4, 0.5) is 17.2 Å². The van der Waals surface area contributed by atoms with Crippen LogP contribution in [0.1, 0.15) is 18.5 Å². The second-order valence-corrected chi connectivity index (χ2v) is 5.58. The summed E-state index contributed by atoms with van der Waals surface area (Å²) in [6, 6.07) is 14.0. The summed E-state index contributed by atoms with van der Waals surface area (Å²) in [7, 11) is 0. The first-order valence-corrected chi connectivity index (χ1v) is 7.52. The van der Waals surface area contributed by atoms with E-state index in [-0.39, 0.29) is 0 Å². The van der Waals surface area contributed by atoms with E-state index in [4.69, 9.17) is 18.0 Å². The number of thiocarbonyl (C=S) groups is 1. The van der Waals surface area contributed by atoms with Gasteiger partial charge in [-0.15, -0.1) is 0 Å². The molecular formula is C16H18N4S. The van der Waals surface area contributed by atoms with Crippen molar-refractivity contribution in [3.63, 3.8) is 0 Å². The Kier molecular flexibility index (Phi) is 4.01. The lowest BCUT2D eigenvalue weighted by Gasteiger charge is -2.18. The summed E-state index contributed by atoms with van der Waals surface area (Å²) in [4.78, 5) is 7.10. The molecule has 0 aliphatic carbocycles. The minimum absolute atomic E-state index is 0.308. The van der Waals surface area contributed by atoms with E-state index in [2.05, 4.69) is 39.5 Å². The minimum Gasteiger partial charge on any atom is -0.388 e. The van der Waals surface area contributed by atoms with Crippen LogP contribution in [0.25, 0.3) is 0 Å². The van der Waals surface area contributed by atoms with Crippen molar-refractivity contribution in [2.75, 3.05) is 23.3 Å². The van der Waals surface area contributed by atoms with Gasteiger partial charge in [0.1, 0.15) is 10.8 Å². The Balaban J connectivity index is 1.72. The van der Waals surface area contributed by atoms with Crippen molar-refractivity contribution < 1.29 is 0 Å². The molecule has 0 saturated carbocycles. The summed E-state index contributed by atoms with van der Waals surface area (Å²) >= 11 is 4.95. The lowest BCUT2D eigenvalue weighted by molar-refractivity contribution is 0.949. The van der Waals surface area contributed by atoms with E-state index in [0.29, 0.717) is 10.7 Å². The number of rotatable bonds is 4. The maximum atomic E-state index is 5.60. The SMILES string of the molecule is NC(=S)c1cccc(Nc2ccc(N3CCCC3)cc2)n1. The second-order valence-electron chi connectivity index (χ2n) is 5.14. The molecule has 108 valence electrons.